The number of hydrogen-bond acceptors (Lipinski definition) is 4. The second kappa shape index (κ2) is 7.82. The fourth-order valence-corrected chi connectivity index (χ4v) is 3.47. The zero-order chi connectivity index (χ0) is 20.5. The molecule has 1 aliphatic rings. The number of methoxy groups -OCH3 is 1. The van der Waals surface area contributed by atoms with Crippen molar-refractivity contribution >= 4 is 16.9 Å². The lowest BCUT2D eigenvalue weighted by molar-refractivity contribution is -0.139. The average molecular weight is 404 g/mol. The molecule has 0 unspecified atom stereocenters. The van der Waals surface area contributed by atoms with E-state index in [2.05, 4.69) is 10.1 Å². The highest BCUT2D eigenvalue weighted by atomic mass is 19.3. The van der Waals surface area contributed by atoms with Gasteiger partial charge in [0.05, 0.1) is 23.9 Å². The van der Waals surface area contributed by atoms with Crippen LogP contribution in [0.25, 0.3) is 22.2 Å². The predicted octanol–water partition coefficient (Wildman–Crippen LogP) is 3.28. The van der Waals surface area contributed by atoms with Gasteiger partial charge in [-0.15, -0.1) is 0 Å². The molecule has 1 fully saturated rings. The van der Waals surface area contributed by atoms with Crippen LogP contribution in [0.2, 0.25) is 0 Å². The molecule has 9 heteroatoms. The molecule has 3 aromatic rings. The van der Waals surface area contributed by atoms with Gasteiger partial charge in [-0.2, -0.15) is 5.10 Å². The largest absolute Gasteiger partial charge is 0.384 e. The molecule has 0 N–H and O–H groups in total. The molecular weight excluding hydrogens is 385 g/mol. The van der Waals surface area contributed by atoms with Crippen LogP contribution in [0.5, 0.6) is 0 Å². The fourth-order valence-electron chi connectivity index (χ4n) is 3.47. The van der Waals surface area contributed by atoms with E-state index in [-0.39, 0.29) is 12.5 Å². The summed E-state index contributed by atoms with van der Waals surface area (Å²) in [6, 6.07) is 5.27. The zero-order valence-corrected chi connectivity index (χ0v) is 15.7. The summed E-state index contributed by atoms with van der Waals surface area (Å²) in [5, 5.41) is 4.23. The van der Waals surface area contributed by atoms with E-state index in [9.17, 15) is 18.0 Å². The van der Waals surface area contributed by atoms with Crippen LogP contribution < -0.4 is 0 Å². The summed E-state index contributed by atoms with van der Waals surface area (Å²) in [6.45, 7) is 1.99. The van der Waals surface area contributed by atoms with Crippen molar-refractivity contribution in [2.45, 2.75) is 13.0 Å². The monoisotopic (exact) mass is 404 g/mol. The van der Waals surface area contributed by atoms with Crippen molar-refractivity contribution in [3.8, 4) is 11.1 Å². The van der Waals surface area contributed by atoms with Crippen LogP contribution in [0, 0.1) is 11.7 Å². The Morgan fingerprint density at radius 3 is 2.76 bits per heavy atom. The summed E-state index contributed by atoms with van der Waals surface area (Å²) in [7, 11) is 1.64. The minimum atomic E-state index is -2.91. The Kier molecular flexibility index (Phi) is 5.23. The number of fused-ring (bicyclic) bond motifs is 1. The standard InChI is InChI=1S/C20H19F3N4O2/c1-29-11-12-8-26(9-12)19(28)10-27-18-5-14(6-24-17(18)7-25-27)13-2-3-16(21)15(4-13)20(22)23/h2-7,12,20H,8-11H2,1H3. The van der Waals surface area contributed by atoms with Crippen molar-refractivity contribution in [3.63, 3.8) is 0 Å². The first kappa shape index (κ1) is 19.4. The van der Waals surface area contributed by atoms with Gasteiger partial charge in [-0.05, 0) is 23.8 Å². The van der Waals surface area contributed by atoms with Gasteiger partial charge < -0.3 is 9.64 Å². The second-order valence-corrected chi connectivity index (χ2v) is 7.09. The molecular formula is C20H19F3N4O2. The van der Waals surface area contributed by atoms with Crippen LogP contribution >= 0.6 is 0 Å². The molecule has 1 saturated heterocycles. The number of carbonyl (C=O) groups excluding carboxylic acids is 1. The minimum Gasteiger partial charge on any atom is -0.384 e. The van der Waals surface area contributed by atoms with E-state index in [1.54, 1.807) is 24.3 Å². The molecule has 6 nitrogen and oxygen atoms in total. The van der Waals surface area contributed by atoms with Gasteiger partial charge in [-0.1, -0.05) is 6.07 Å². The summed E-state index contributed by atoms with van der Waals surface area (Å²) in [5.41, 5.74) is 1.49. The third-order valence-electron chi connectivity index (χ3n) is 5.06. The molecule has 1 aliphatic heterocycles. The summed E-state index contributed by atoms with van der Waals surface area (Å²) in [4.78, 5) is 18.5. The maximum atomic E-state index is 13.6. The smallest absolute Gasteiger partial charge is 0.266 e. The lowest BCUT2D eigenvalue weighted by atomic mass is 10.0. The first-order chi connectivity index (χ1) is 14.0. The van der Waals surface area contributed by atoms with E-state index in [0.29, 0.717) is 47.8 Å². The Morgan fingerprint density at radius 2 is 2.03 bits per heavy atom. The van der Waals surface area contributed by atoms with Crippen LogP contribution in [-0.2, 0) is 16.1 Å². The molecule has 152 valence electrons. The van der Waals surface area contributed by atoms with Gasteiger partial charge in [-0.3, -0.25) is 14.5 Å². The number of pyridine rings is 1. The van der Waals surface area contributed by atoms with Gasteiger partial charge in [0.15, 0.2) is 0 Å². The normalized spacial score (nSPS) is 14.6. The van der Waals surface area contributed by atoms with Crippen molar-refractivity contribution in [3.05, 3.63) is 48.0 Å². The summed E-state index contributed by atoms with van der Waals surface area (Å²) in [5.74, 6) is -0.654. The van der Waals surface area contributed by atoms with Gasteiger partial charge in [-0.25, -0.2) is 13.2 Å². The van der Waals surface area contributed by atoms with Crippen LogP contribution in [0.15, 0.2) is 36.7 Å². The molecule has 3 heterocycles. The number of halogens is 3. The quantitative estimate of drug-likeness (QED) is 0.633. The number of benzene rings is 1. The van der Waals surface area contributed by atoms with Crippen molar-refractivity contribution < 1.29 is 22.7 Å². The molecule has 1 aromatic carbocycles. The van der Waals surface area contributed by atoms with Gasteiger partial charge >= 0.3 is 0 Å². The maximum Gasteiger partial charge on any atom is 0.266 e. The SMILES string of the molecule is COCC1CN(C(=O)Cn2ncc3ncc(-c4ccc(F)c(C(F)F)c4)cc32)C1. The van der Waals surface area contributed by atoms with Gasteiger partial charge in [0, 0.05) is 37.9 Å². The summed E-state index contributed by atoms with van der Waals surface area (Å²) in [6.07, 6.45) is 0.155. The average Bonchev–Trinajstić information content (AvgIpc) is 3.06. The number of hydrogen-bond donors (Lipinski definition) is 0. The van der Waals surface area contributed by atoms with Gasteiger partial charge in [0.25, 0.3) is 6.43 Å². The third-order valence-corrected chi connectivity index (χ3v) is 5.06. The number of nitrogens with zero attached hydrogens (tertiary/aromatic N) is 4. The van der Waals surface area contributed by atoms with Crippen molar-refractivity contribution in [1.29, 1.82) is 0 Å². The number of rotatable bonds is 6. The molecule has 29 heavy (non-hydrogen) atoms. The van der Waals surface area contributed by atoms with Crippen molar-refractivity contribution in [2.75, 3.05) is 26.8 Å². The van der Waals surface area contributed by atoms with Gasteiger partial charge in [0.1, 0.15) is 17.9 Å². The molecule has 0 bridgehead atoms. The summed E-state index contributed by atoms with van der Waals surface area (Å²) < 4.78 is 46.2. The van der Waals surface area contributed by atoms with E-state index in [1.165, 1.54) is 16.9 Å². The zero-order valence-electron chi connectivity index (χ0n) is 15.7. The number of carbonyl (C=O) groups is 1. The Bertz CT molecular complexity index is 1050. The Hall–Kier alpha value is -2.94. The highest BCUT2D eigenvalue weighted by Gasteiger charge is 2.30. The molecule has 0 radical (unpaired) electrons. The van der Waals surface area contributed by atoms with E-state index >= 15 is 0 Å². The van der Waals surface area contributed by atoms with E-state index in [0.717, 1.165) is 12.1 Å². The Balaban J connectivity index is 1.57. The maximum absolute atomic E-state index is 13.6. The van der Waals surface area contributed by atoms with Crippen molar-refractivity contribution in [1.82, 2.24) is 19.7 Å². The highest BCUT2D eigenvalue weighted by molar-refractivity contribution is 5.83. The van der Waals surface area contributed by atoms with Crippen LogP contribution in [-0.4, -0.2) is 52.4 Å². The number of ether oxygens (including phenoxy) is 1. The number of likely N-dealkylation sites (tertiary alicyclic amines) is 1. The lowest BCUT2D eigenvalue weighted by Gasteiger charge is -2.38. The van der Waals surface area contributed by atoms with E-state index in [1.807, 2.05) is 0 Å². The van der Waals surface area contributed by atoms with E-state index < -0.39 is 17.8 Å². The fraction of sp³-hybridized carbons (Fsp3) is 0.350. The van der Waals surface area contributed by atoms with Crippen LogP contribution in [0.1, 0.15) is 12.0 Å². The first-order valence-corrected chi connectivity index (χ1v) is 9.12. The van der Waals surface area contributed by atoms with Crippen LogP contribution in [0.3, 0.4) is 0 Å². The Labute approximate surface area is 164 Å². The minimum absolute atomic E-state index is 0.0556. The van der Waals surface area contributed by atoms with Crippen molar-refractivity contribution in [2.24, 2.45) is 5.92 Å². The number of aromatic nitrogens is 3. The van der Waals surface area contributed by atoms with E-state index in [4.69, 9.17) is 4.74 Å². The molecule has 0 spiro atoms. The molecule has 2 aromatic heterocycles. The second-order valence-electron chi connectivity index (χ2n) is 7.09. The molecule has 4 rings (SSSR count). The summed E-state index contributed by atoms with van der Waals surface area (Å²) >= 11 is 0. The predicted molar refractivity (Wildman–Crippen MR) is 99.8 cm³/mol. The number of amides is 1. The molecule has 0 saturated carbocycles. The molecule has 0 aliphatic carbocycles. The Morgan fingerprint density at radius 1 is 1.24 bits per heavy atom. The third kappa shape index (κ3) is 3.82. The lowest BCUT2D eigenvalue weighted by Crippen LogP contribution is -2.52. The molecule has 0 atom stereocenters. The molecule has 1 amide bonds. The first-order valence-electron chi connectivity index (χ1n) is 9.12. The van der Waals surface area contributed by atoms with Gasteiger partial charge in [0.2, 0.25) is 5.91 Å². The highest BCUT2D eigenvalue weighted by Crippen LogP contribution is 2.29. The number of alkyl halides is 2. The topological polar surface area (TPSA) is 60.2 Å². The van der Waals surface area contributed by atoms with Crippen LogP contribution in [0.4, 0.5) is 13.2 Å².